The summed E-state index contributed by atoms with van der Waals surface area (Å²) in [6.45, 7) is 14.4. The zero-order valence-electron chi connectivity index (χ0n) is 18.5. The van der Waals surface area contributed by atoms with Crippen LogP contribution in [-0.4, -0.2) is 49.5 Å². The standard InChI is InChI=1S/C22H39N5O/c1-7-27(8-2)15-9-10-18(5)25-22(23-6)24-16-19-11-13-20(14-12-19)26-21(28)17(3)4/h11-14,17-18H,7-10,15-16H2,1-6H3,(H,26,28)(H2,23,24,25). The van der Waals surface area contributed by atoms with E-state index in [2.05, 4.69) is 46.6 Å². The number of benzene rings is 1. The number of carbonyl (C=O) groups excluding carboxylic acids is 1. The van der Waals surface area contributed by atoms with Crippen LogP contribution < -0.4 is 16.0 Å². The molecule has 6 nitrogen and oxygen atoms in total. The van der Waals surface area contributed by atoms with Gasteiger partial charge in [0, 0.05) is 31.2 Å². The molecular weight excluding hydrogens is 350 g/mol. The van der Waals surface area contributed by atoms with Gasteiger partial charge in [0.1, 0.15) is 0 Å². The minimum absolute atomic E-state index is 0.0234. The van der Waals surface area contributed by atoms with Gasteiger partial charge in [-0.15, -0.1) is 0 Å². The van der Waals surface area contributed by atoms with Crippen LogP contribution in [0.4, 0.5) is 5.69 Å². The number of carbonyl (C=O) groups is 1. The third-order valence-corrected chi connectivity index (χ3v) is 4.82. The van der Waals surface area contributed by atoms with Gasteiger partial charge >= 0.3 is 0 Å². The Bertz CT molecular complexity index is 593. The first-order valence-corrected chi connectivity index (χ1v) is 10.5. The van der Waals surface area contributed by atoms with E-state index in [-0.39, 0.29) is 11.8 Å². The normalized spacial score (nSPS) is 12.9. The minimum Gasteiger partial charge on any atom is -0.354 e. The van der Waals surface area contributed by atoms with Crippen molar-refractivity contribution in [2.45, 2.75) is 60.0 Å². The van der Waals surface area contributed by atoms with Crippen molar-refractivity contribution in [3.63, 3.8) is 0 Å². The molecule has 1 aromatic carbocycles. The predicted octanol–water partition coefficient (Wildman–Crippen LogP) is 3.46. The Labute approximate surface area is 171 Å². The Kier molecular flexibility index (Phi) is 11.3. The molecule has 158 valence electrons. The molecule has 1 amide bonds. The summed E-state index contributed by atoms with van der Waals surface area (Å²) in [6, 6.07) is 8.27. The number of hydrogen-bond acceptors (Lipinski definition) is 3. The Morgan fingerprint density at radius 3 is 2.29 bits per heavy atom. The number of aliphatic imine (C=N–C) groups is 1. The number of rotatable bonds is 11. The van der Waals surface area contributed by atoms with Crippen LogP contribution in [0.15, 0.2) is 29.3 Å². The van der Waals surface area contributed by atoms with Gasteiger partial charge in [0.25, 0.3) is 0 Å². The second-order valence-electron chi connectivity index (χ2n) is 7.48. The maximum absolute atomic E-state index is 11.8. The zero-order chi connectivity index (χ0) is 20.9. The fourth-order valence-electron chi connectivity index (χ4n) is 2.84. The van der Waals surface area contributed by atoms with Crippen LogP contribution in [0.1, 0.15) is 53.0 Å². The van der Waals surface area contributed by atoms with Gasteiger partial charge < -0.3 is 20.9 Å². The summed E-state index contributed by atoms with van der Waals surface area (Å²) in [5.74, 6) is 0.822. The van der Waals surface area contributed by atoms with Crippen LogP contribution in [0.25, 0.3) is 0 Å². The Balaban J connectivity index is 2.40. The van der Waals surface area contributed by atoms with E-state index < -0.39 is 0 Å². The van der Waals surface area contributed by atoms with Crippen LogP contribution in [0.3, 0.4) is 0 Å². The molecule has 0 aliphatic carbocycles. The number of guanidine groups is 1. The fraction of sp³-hybridized carbons (Fsp3) is 0.636. The van der Waals surface area contributed by atoms with Crippen molar-refractivity contribution in [3.8, 4) is 0 Å². The van der Waals surface area contributed by atoms with Gasteiger partial charge in [0.15, 0.2) is 5.96 Å². The molecule has 6 heteroatoms. The molecule has 3 N–H and O–H groups in total. The Morgan fingerprint density at radius 1 is 1.11 bits per heavy atom. The highest BCUT2D eigenvalue weighted by Gasteiger charge is 2.08. The summed E-state index contributed by atoms with van der Waals surface area (Å²) in [7, 11) is 1.79. The molecule has 0 aliphatic heterocycles. The monoisotopic (exact) mass is 389 g/mol. The van der Waals surface area contributed by atoms with Gasteiger partial charge in [-0.3, -0.25) is 9.79 Å². The second kappa shape index (κ2) is 13.2. The SMILES string of the molecule is CCN(CC)CCCC(C)NC(=NC)NCc1ccc(NC(=O)C(C)C)cc1. The van der Waals surface area contributed by atoms with E-state index in [4.69, 9.17) is 0 Å². The van der Waals surface area contributed by atoms with E-state index in [1.807, 2.05) is 38.1 Å². The van der Waals surface area contributed by atoms with Crippen molar-refractivity contribution in [2.24, 2.45) is 10.9 Å². The second-order valence-corrected chi connectivity index (χ2v) is 7.48. The summed E-state index contributed by atoms with van der Waals surface area (Å²) in [6.07, 6.45) is 2.29. The predicted molar refractivity (Wildman–Crippen MR) is 120 cm³/mol. The summed E-state index contributed by atoms with van der Waals surface area (Å²) in [5.41, 5.74) is 1.96. The minimum atomic E-state index is -0.0234. The first-order chi connectivity index (χ1) is 13.4. The average Bonchev–Trinajstić information content (AvgIpc) is 2.69. The molecule has 1 aromatic rings. The molecule has 0 spiro atoms. The highest BCUT2D eigenvalue weighted by molar-refractivity contribution is 5.92. The van der Waals surface area contributed by atoms with Crippen LogP contribution in [0.2, 0.25) is 0 Å². The van der Waals surface area contributed by atoms with E-state index in [1.165, 1.54) is 6.42 Å². The molecule has 28 heavy (non-hydrogen) atoms. The molecule has 1 unspecified atom stereocenters. The molecule has 0 saturated carbocycles. The number of anilines is 1. The lowest BCUT2D eigenvalue weighted by Gasteiger charge is -2.21. The van der Waals surface area contributed by atoms with Crippen LogP contribution in [0.5, 0.6) is 0 Å². The van der Waals surface area contributed by atoms with Gasteiger partial charge in [-0.1, -0.05) is 39.8 Å². The molecule has 0 heterocycles. The maximum Gasteiger partial charge on any atom is 0.226 e. The summed E-state index contributed by atoms with van der Waals surface area (Å²) in [5, 5.41) is 9.73. The van der Waals surface area contributed by atoms with Gasteiger partial charge in [0.2, 0.25) is 5.91 Å². The van der Waals surface area contributed by atoms with Gasteiger partial charge in [-0.2, -0.15) is 0 Å². The first-order valence-electron chi connectivity index (χ1n) is 10.5. The summed E-state index contributed by atoms with van der Waals surface area (Å²) in [4.78, 5) is 18.5. The number of hydrogen-bond donors (Lipinski definition) is 3. The van der Waals surface area contributed by atoms with Crippen molar-refractivity contribution in [1.29, 1.82) is 0 Å². The zero-order valence-corrected chi connectivity index (χ0v) is 18.5. The lowest BCUT2D eigenvalue weighted by atomic mass is 10.1. The van der Waals surface area contributed by atoms with Gasteiger partial charge in [-0.05, 0) is 57.1 Å². The van der Waals surface area contributed by atoms with E-state index in [0.717, 1.165) is 43.3 Å². The number of nitrogens with zero attached hydrogens (tertiary/aromatic N) is 2. The van der Waals surface area contributed by atoms with E-state index in [9.17, 15) is 4.79 Å². The molecule has 0 bridgehead atoms. The molecule has 1 rings (SSSR count). The molecule has 0 radical (unpaired) electrons. The summed E-state index contributed by atoms with van der Waals surface area (Å²) >= 11 is 0. The lowest BCUT2D eigenvalue weighted by molar-refractivity contribution is -0.118. The summed E-state index contributed by atoms with van der Waals surface area (Å²) < 4.78 is 0. The van der Waals surface area contributed by atoms with Crippen molar-refractivity contribution < 1.29 is 4.79 Å². The molecule has 0 fully saturated rings. The molecule has 1 atom stereocenters. The van der Waals surface area contributed by atoms with Gasteiger partial charge in [0.05, 0.1) is 0 Å². The van der Waals surface area contributed by atoms with Crippen molar-refractivity contribution >= 4 is 17.6 Å². The first kappa shape index (κ1) is 24.0. The molecule has 0 aromatic heterocycles. The lowest BCUT2D eigenvalue weighted by Crippen LogP contribution is -2.42. The third kappa shape index (κ3) is 9.22. The molecular formula is C22H39N5O. The van der Waals surface area contributed by atoms with Crippen molar-refractivity contribution in [3.05, 3.63) is 29.8 Å². The topological polar surface area (TPSA) is 68.8 Å². The van der Waals surface area contributed by atoms with Crippen molar-refractivity contribution in [1.82, 2.24) is 15.5 Å². The maximum atomic E-state index is 11.8. The van der Waals surface area contributed by atoms with E-state index in [1.54, 1.807) is 7.05 Å². The van der Waals surface area contributed by atoms with Crippen molar-refractivity contribution in [2.75, 3.05) is 32.0 Å². The smallest absolute Gasteiger partial charge is 0.226 e. The van der Waals surface area contributed by atoms with E-state index >= 15 is 0 Å². The fourth-order valence-corrected chi connectivity index (χ4v) is 2.84. The average molecular weight is 390 g/mol. The largest absolute Gasteiger partial charge is 0.354 e. The highest BCUT2D eigenvalue weighted by atomic mass is 16.1. The Hall–Kier alpha value is -2.08. The number of nitrogens with one attached hydrogen (secondary N) is 3. The number of amides is 1. The highest BCUT2D eigenvalue weighted by Crippen LogP contribution is 2.11. The van der Waals surface area contributed by atoms with E-state index in [0.29, 0.717) is 12.6 Å². The quantitative estimate of drug-likeness (QED) is 0.400. The molecule has 0 saturated heterocycles. The van der Waals surface area contributed by atoms with Crippen LogP contribution >= 0.6 is 0 Å². The van der Waals surface area contributed by atoms with Crippen LogP contribution in [-0.2, 0) is 11.3 Å². The Morgan fingerprint density at radius 2 is 1.75 bits per heavy atom. The molecule has 0 aliphatic rings. The van der Waals surface area contributed by atoms with Crippen LogP contribution in [0, 0.1) is 5.92 Å². The van der Waals surface area contributed by atoms with Gasteiger partial charge in [-0.25, -0.2) is 0 Å². The third-order valence-electron chi connectivity index (χ3n) is 4.82.